The smallest absolute Gasteiger partial charge is 0.266 e. The summed E-state index contributed by atoms with van der Waals surface area (Å²) in [5.74, 6) is 0.0523. The van der Waals surface area contributed by atoms with Crippen LogP contribution in [-0.4, -0.2) is 41.3 Å². The van der Waals surface area contributed by atoms with Crippen LogP contribution in [0, 0.1) is 0 Å². The van der Waals surface area contributed by atoms with Crippen molar-refractivity contribution < 1.29 is 14.6 Å². The normalized spacial score (nSPS) is 17.5. The van der Waals surface area contributed by atoms with Gasteiger partial charge in [-0.1, -0.05) is 24.3 Å². The van der Waals surface area contributed by atoms with Gasteiger partial charge in [-0.25, -0.2) is 4.99 Å². The number of ether oxygens (including phenoxy) is 1. The fourth-order valence-electron chi connectivity index (χ4n) is 2.35. The number of carbonyl (C=O) groups excluding carboxylic acids is 1. The first-order valence-corrected chi connectivity index (χ1v) is 9.52. The third kappa shape index (κ3) is 4.35. The van der Waals surface area contributed by atoms with Crippen molar-refractivity contribution in [1.29, 1.82) is 0 Å². The van der Waals surface area contributed by atoms with Crippen molar-refractivity contribution in [1.82, 2.24) is 4.90 Å². The number of amides is 1. The van der Waals surface area contributed by atoms with Crippen LogP contribution in [0.15, 0.2) is 62.9 Å². The van der Waals surface area contributed by atoms with E-state index in [0.29, 0.717) is 27.7 Å². The van der Waals surface area contributed by atoms with Gasteiger partial charge in [0.15, 0.2) is 5.17 Å². The second kappa shape index (κ2) is 8.53. The number of carbonyl (C=O) groups is 1. The summed E-state index contributed by atoms with van der Waals surface area (Å²) in [6, 6.07) is 14.6. The van der Waals surface area contributed by atoms with Gasteiger partial charge < -0.3 is 9.84 Å². The van der Waals surface area contributed by atoms with E-state index in [2.05, 4.69) is 20.9 Å². The van der Waals surface area contributed by atoms with Gasteiger partial charge in [0.1, 0.15) is 5.75 Å². The molecule has 2 aromatic carbocycles. The van der Waals surface area contributed by atoms with Gasteiger partial charge in [0.2, 0.25) is 0 Å². The van der Waals surface area contributed by atoms with E-state index in [0.717, 1.165) is 11.3 Å². The molecule has 0 spiro atoms. The molecule has 3 rings (SSSR count). The fourth-order valence-corrected chi connectivity index (χ4v) is 3.77. The number of phenols is 1. The van der Waals surface area contributed by atoms with E-state index in [1.807, 2.05) is 30.3 Å². The van der Waals surface area contributed by atoms with Crippen LogP contribution in [0.4, 0.5) is 5.69 Å². The van der Waals surface area contributed by atoms with Crippen LogP contribution in [-0.2, 0) is 9.53 Å². The van der Waals surface area contributed by atoms with E-state index >= 15 is 0 Å². The SMILES string of the molecule is COCCN1C(=O)/C(=C\c2ccc(O)c(Br)c2)SC1=Nc1ccccc1. The highest BCUT2D eigenvalue weighted by Crippen LogP contribution is 2.35. The number of nitrogens with zero attached hydrogens (tertiary/aromatic N) is 2. The van der Waals surface area contributed by atoms with E-state index < -0.39 is 0 Å². The molecule has 1 aliphatic heterocycles. The highest BCUT2D eigenvalue weighted by Gasteiger charge is 2.33. The number of para-hydroxylation sites is 1. The molecule has 0 bridgehead atoms. The monoisotopic (exact) mass is 432 g/mol. The van der Waals surface area contributed by atoms with Gasteiger partial charge in [-0.2, -0.15) is 0 Å². The maximum Gasteiger partial charge on any atom is 0.266 e. The lowest BCUT2D eigenvalue weighted by molar-refractivity contribution is -0.122. The van der Waals surface area contributed by atoms with Crippen LogP contribution in [0.2, 0.25) is 0 Å². The quantitative estimate of drug-likeness (QED) is 0.710. The number of aromatic hydroxyl groups is 1. The molecule has 0 atom stereocenters. The molecule has 0 aromatic heterocycles. The van der Waals surface area contributed by atoms with Crippen LogP contribution in [0.25, 0.3) is 6.08 Å². The van der Waals surface area contributed by atoms with Gasteiger partial charge in [-0.05, 0) is 63.6 Å². The number of amidine groups is 1. The molecule has 0 aliphatic carbocycles. The van der Waals surface area contributed by atoms with Crippen molar-refractivity contribution in [3.8, 4) is 5.75 Å². The number of benzene rings is 2. The van der Waals surface area contributed by atoms with E-state index in [1.165, 1.54) is 11.8 Å². The molecule has 0 radical (unpaired) electrons. The zero-order chi connectivity index (χ0) is 18.5. The average molecular weight is 433 g/mol. The Kier molecular flexibility index (Phi) is 6.13. The largest absolute Gasteiger partial charge is 0.507 e. The van der Waals surface area contributed by atoms with E-state index in [-0.39, 0.29) is 11.7 Å². The molecule has 1 heterocycles. The summed E-state index contributed by atoms with van der Waals surface area (Å²) in [7, 11) is 1.60. The highest BCUT2D eigenvalue weighted by atomic mass is 79.9. The summed E-state index contributed by atoms with van der Waals surface area (Å²) < 4.78 is 5.70. The molecule has 1 N–H and O–H groups in total. The second-order valence-corrected chi connectivity index (χ2v) is 7.36. The average Bonchev–Trinajstić information content (AvgIpc) is 2.92. The van der Waals surface area contributed by atoms with Crippen molar-refractivity contribution in [2.24, 2.45) is 4.99 Å². The van der Waals surface area contributed by atoms with Crippen LogP contribution < -0.4 is 0 Å². The summed E-state index contributed by atoms with van der Waals surface area (Å²) >= 11 is 4.62. The lowest BCUT2D eigenvalue weighted by Gasteiger charge is -2.14. The predicted molar refractivity (Wildman–Crippen MR) is 109 cm³/mol. The summed E-state index contributed by atoms with van der Waals surface area (Å²) in [5, 5.41) is 10.2. The maximum absolute atomic E-state index is 12.8. The number of phenolic OH excluding ortho intramolecular Hbond substituents is 1. The van der Waals surface area contributed by atoms with Crippen molar-refractivity contribution in [2.45, 2.75) is 0 Å². The lowest BCUT2D eigenvalue weighted by Crippen LogP contribution is -2.32. The molecule has 1 amide bonds. The van der Waals surface area contributed by atoms with Crippen molar-refractivity contribution in [3.05, 3.63) is 63.5 Å². The fraction of sp³-hybridized carbons (Fsp3) is 0.158. The first-order chi connectivity index (χ1) is 12.6. The van der Waals surface area contributed by atoms with Gasteiger partial charge in [-0.3, -0.25) is 9.69 Å². The molecule has 134 valence electrons. The number of hydrogen-bond acceptors (Lipinski definition) is 5. The van der Waals surface area contributed by atoms with Gasteiger partial charge in [0.05, 0.1) is 28.2 Å². The summed E-state index contributed by atoms with van der Waals surface area (Å²) in [5.41, 5.74) is 1.61. The Morgan fingerprint density at radius 3 is 2.73 bits per heavy atom. The molecule has 0 saturated carbocycles. The van der Waals surface area contributed by atoms with Crippen molar-refractivity contribution >= 4 is 50.5 Å². The summed E-state index contributed by atoms with van der Waals surface area (Å²) in [6.45, 7) is 0.864. The highest BCUT2D eigenvalue weighted by molar-refractivity contribution is 9.10. The van der Waals surface area contributed by atoms with Gasteiger partial charge in [0, 0.05) is 7.11 Å². The molecular formula is C19H17BrN2O3S. The Morgan fingerprint density at radius 2 is 2.04 bits per heavy atom. The van der Waals surface area contributed by atoms with Crippen LogP contribution in [0.1, 0.15) is 5.56 Å². The van der Waals surface area contributed by atoms with Crippen LogP contribution in [0.3, 0.4) is 0 Å². The number of hydrogen-bond donors (Lipinski definition) is 1. The standard InChI is InChI=1S/C19H17BrN2O3S/c1-25-10-9-22-18(24)17(12-13-7-8-16(23)15(20)11-13)26-19(22)21-14-5-3-2-4-6-14/h2-8,11-12,23H,9-10H2,1H3/b17-12+,21-19?. The molecule has 1 saturated heterocycles. The Hall–Kier alpha value is -2.09. The molecule has 26 heavy (non-hydrogen) atoms. The zero-order valence-corrected chi connectivity index (χ0v) is 16.5. The van der Waals surface area contributed by atoms with E-state index in [1.54, 1.807) is 36.3 Å². The number of methoxy groups -OCH3 is 1. The number of aliphatic imine (C=N–C) groups is 1. The van der Waals surface area contributed by atoms with Crippen molar-refractivity contribution in [2.75, 3.05) is 20.3 Å². The molecular weight excluding hydrogens is 416 g/mol. The number of rotatable bonds is 5. The van der Waals surface area contributed by atoms with E-state index in [4.69, 9.17) is 4.74 Å². The zero-order valence-electron chi connectivity index (χ0n) is 14.1. The Labute approximate surface area is 164 Å². The maximum atomic E-state index is 12.8. The minimum Gasteiger partial charge on any atom is -0.507 e. The van der Waals surface area contributed by atoms with Gasteiger partial charge >= 0.3 is 0 Å². The third-order valence-corrected chi connectivity index (χ3v) is 5.30. The summed E-state index contributed by atoms with van der Waals surface area (Å²) in [6.07, 6.45) is 1.80. The third-order valence-electron chi connectivity index (χ3n) is 3.66. The molecule has 7 heteroatoms. The minimum atomic E-state index is -0.106. The first kappa shape index (κ1) is 18.7. The topological polar surface area (TPSA) is 62.1 Å². The Balaban J connectivity index is 1.93. The van der Waals surface area contributed by atoms with Crippen LogP contribution >= 0.6 is 27.7 Å². The number of halogens is 1. The second-order valence-electron chi connectivity index (χ2n) is 5.50. The molecule has 1 aliphatic rings. The lowest BCUT2D eigenvalue weighted by atomic mass is 10.2. The molecule has 2 aromatic rings. The van der Waals surface area contributed by atoms with Gasteiger partial charge in [0.25, 0.3) is 5.91 Å². The Bertz CT molecular complexity index is 868. The molecule has 1 fully saturated rings. The minimum absolute atomic E-state index is 0.106. The number of thioether (sulfide) groups is 1. The molecule has 0 unspecified atom stereocenters. The van der Waals surface area contributed by atoms with Gasteiger partial charge in [-0.15, -0.1) is 0 Å². The molecule has 5 nitrogen and oxygen atoms in total. The van der Waals surface area contributed by atoms with Crippen molar-refractivity contribution in [3.63, 3.8) is 0 Å². The summed E-state index contributed by atoms with van der Waals surface area (Å²) in [4.78, 5) is 19.6. The van der Waals surface area contributed by atoms with E-state index in [9.17, 15) is 9.90 Å². The Morgan fingerprint density at radius 1 is 1.27 bits per heavy atom. The van der Waals surface area contributed by atoms with Crippen LogP contribution in [0.5, 0.6) is 5.75 Å². The predicted octanol–water partition coefficient (Wildman–Crippen LogP) is 4.41. The first-order valence-electron chi connectivity index (χ1n) is 7.91.